The molecule has 2 aromatic rings. The second-order valence-electron chi connectivity index (χ2n) is 2.49. The van der Waals surface area contributed by atoms with Gasteiger partial charge in [0.15, 0.2) is 5.65 Å². The fourth-order valence-corrected chi connectivity index (χ4v) is 1.03. The lowest BCUT2D eigenvalue weighted by Gasteiger charge is -1.99. The molecule has 2 aromatic heterocycles. The zero-order valence-electron chi connectivity index (χ0n) is 6.94. The maximum Gasteiger partial charge on any atom is 0.266 e. The molecule has 5 nitrogen and oxygen atoms in total. The van der Waals surface area contributed by atoms with Crippen LogP contribution >= 0.6 is 0 Å². The summed E-state index contributed by atoms with van der Waals surface area (Å²) in [4.78, 5) is 21.3. The third-order valence-corrected chi connectivity index (χ3v) is 1.64. The SMILES string of the molecule is COc1cnc2ncc(=O)[nH]c2c1. The molecule has 0 unspecified atom stereocenters. The van der Waals surface area contributed by atoms with Gasteiger partial charge in [-0.25, -0.2) is 9.97 Å². The predicted octanol–water partition coefficient (Wildman–Crippen LogP) is 0.327. The van der Waals surface area contributed by atoms with E-state index < -0.39 is 0 Å². The van der Waals surface area contributed by atoms with E-state index in [1.54, 1.807) is 12.3 Å². The van der Waals surface area contributed by atoms with Crippen LogP contribution in [0.3, 0.4) is 0 Å². The minimum Gasteiger partial charge on any atom is -0.495 e. The van der Waals surface area contributed by atoms with Gasteiger partial charge < -0.3 is 9.72 Å². The minimum atomic E-state index is -0.248. The number of nitrogens with zero attached hydrogens (tertiary/aromatic N) is 2. The lowest BCUT2D eigenvalue weighted by Crippen LogP contribution is -2.05. The van der Waals surface area contributed by atoms with Crippen molar-refractivity contribution in [1.29, 1.82) is 0 Å². The van der Waals surface area contributed by atoms with Crippen LogP contribution in [0.5, 0.6) is 5.75 Å². The molecule has 0 aliphatic carbocycles. The number of hydrogen-bond acceptors (Lipinski definition) is 4. The summed E-state index contributed by atoms with van der Waals surface area (Å²) in [5, 5.41) is 0. The third-order valence-electron chi connectivity index (χ3n) is 1.64. The zero-order valence-corrected chi connectivity index (χ0v) is 6.94. The van der Waals surface area contributed by atoms with E-state index in [1.165, 1.54) is 13.3 Å². The molecule has 0 aliphatic rings. The summed E-state index contributed by atoms with van der Waals surface area (Å²) in [6.45, 7) is 0. The fraction of sp³-hybridized carbons (Fsp3) is 0.125. The summed E-state index contributed by atoms with van der Waals surface area (Å²) in [6, 6.07) is 1.68. The molecule has 0 atom stereocenters. The van der Waals surface area contributed by atoms with Gasteiger partial charge in [0.1, 0.15) is 5.75 Å². The molecule has 13 heavy (non-hydrogen) atoms. The summed E-state index contributed by atoms with van der Waals surface area (Å²) < 4.78 is 4.95. The largest absolute Gasteiger partial charge is 0.495 e. The molecular formula is C8H7N3O2. The lowest BCUT2D eigenvalue weighted by molar-refractivity contribution is 0.413. The Bertz CT molecular complexity index is 492. The highest BCUT2D eigenvalue weighted by Gasteiger charge is 1.98. The maximum absolute atomic E-state index is 10.9. The van der Waals surface area contributed by atoms with Crippen LogP contribution in [-0.2, 0) is 0 Å². The van der Waals surface area contributed by atoms with Gasteiger partial charge in [0.05, 0.1) is 25.0 Å². The van der Waals surface area contributed by atoms with Crippen molar-refractivity contribution in [2.45, 2.75) is 0 Å². The normalized spacial score (nSPS) is 10.2. The van der Waals surface area contributed by atoms with E-state index in [1.807, 2.05) is 0 Å². The van der Waals surface area contributed by atoms with Crippen molar-refractivity contribution in [1.82, 2.24) is 15.0 Å². The van der Waals surface area contributed by atoms with E-state index in [0.717, 1.165) is 0 Å². The van der Waals surface area contributed by atoms with Gasteiger partial charge in [0.2, 0.25) is 0 Å². The predicted molar refractivity (Wildman–Crippen MR) is 46.7 cm³/mol. The smallest absolute Gasteiger partial charge is 0.266 e. The molecule has 0 spiro atoms. The van der Waals surface area contributed by atoms with Crippen LogP contribution < -0.4 is 10.3 Å². The van der Waals surface area contributed by atoms with Crippen LogP contribution in [-0.4, -0.2) is 22.1 Å². The van der Waals surface area contributed by atoms with Crippen molar-refractivity contribution in [2.75, 3.05) is 7.11 Å². The summed E-state index contributed by atoms with van der Waals surface area (Å²) in [5.74, 6) is 0.594. The Balaban J connectivity index is 2.75. The van der Waals surface area contributed by atoms with Crippen molar-refractivity contribution in [2.24, 2.45) is 0 Å². The van der Waals surface area contributed by atoms with Crippen molar-refractivity contribution < 1.29 is 4.74 Å². The molecule has 2 rings (SSSR count). The Labute approximate surface area is 73.4 Å². The van der Waals surface area contributed by atoms with E-state index in [2.05, 4.69) is 15.0 Å². The molecule has 1 N–H and O–H groups in total. The molecule has 0 bridgehead atoms. The third kappa shape index (κ3) is 1.35. The second kappa shape index (κ2) is 2.85. The zero-order chi connectivity index (χ0) is 9.26. The van der Waals surface area contributed by atoms with Crippen molar-refractivity contribution >= 4 is 11.2 Å². The monoisotopic (exact) mass is 177 g/mol. The van der Waals surface area contributed by atoms with Crippen LogP contribution in [0.1, 0.15) is 0 Å². The van der Waals surface area contributed by atoms with Crippen molar-refractivity contribution in [3.8, 4) is 5.75 Å². The van der Waals surface area contributed by atoms with Gasteiger partial charge in [0.25, 0.3) is 5.56 Å². The maximum atomic E-state index is 10.9. The Kier molecular flexibility index (Phi) is 1.70. The molecule has 0 saturated heterocycles. The highest BCUT2D eigenvalue weighted by molar-refractivity contribution is 5.70. The van der Waals surface area contributed by atoms with Gasteiger partial charge in [0, 0.05) is 6.07 Å². The van der Waals surface area contributed by atoms with Crippen LogP contribution in [0, 0.1) is 0 Å². The number of fused-ring (bicyclic) bond motifs is 1. The second-order valence-corrected chi connectivity index (χ2v) is 2.49. The van der Waals surface area contributed by atoms with Crippen LogP contribution in [0.2, 0.25) is 0 Å². The van der Waals surface area contributed by atoms with Crippen LogP contribution in [0.25, 0.3) is 11.2 Å². The number of H-pyrrole nitrogens is 1. The van der Waals surface area contributed by atoms with Gasteiger partial charge in [-0.3, -0.25) is 4.79 Å². The Morgan fingerprint density at radius 2 is 2.15 bits per heavy atom. The molecule has 0 amide bonds. The van der Waals surface area contributed by atoms with Crippen molar-refractivity contribution in [3.05, 3.63) is 28.8 Å². The number of pyridine rings is 1. The minimum absolute atomic E-state index is 0.248. The molecule has 2 heterocycles. The Morgan fingerprint density at radius 3 is 2.92 bits per heavy atom. The molecule has 0 radical (unpaired) electrons. The first-order valence-electron chi connectivity index (χ1n) is 3.68. The number of nitrogens with one attached hydrogen (secondary N) is 1. The number of methoxy groups -OCH3 is 1. The molecule has 0 fully saturated rings. The number of ether oxygens (including phenoxy) is 1. The van der Waals surface area contributed by atoms with Gasteiger partial charge >= 0.3 is 0 Å². The average Bonchev–Trinajstić information content (AvgIpc) is 2.16. The first-order chi connectivity index (χ1) is 6.29. The van der Waals surface area contributed by atoms with Crippen LogP contribution in [0.4, 0.5) is 0 Å². The highest BCUT2D eigenvalue weighted by Crippen LogP contribution is 2.12. The van der Waals surface area contributed by atoms with E-state index >= 15 is 0 Å². The van der Waals surface area contributed by atoms with Gasteiger partial charge in [-0.05, 0) is 0 Å². The molecule has 66 valence electrons. The van der Waals surface area contributed by atoms with Crippen molar-refractivity contribution in [3.63, 3.8) is 0 Å². The molecule has 0 saturated carbocycles. The Hall–Kier alpha value is -1.91. The summed E-state index contributed by atoms with van der Waals surface area (Å²) >= 11 is 0. The quantitative estimate of drug-likeness (QED) is 0.681. The lowest BCUT2D eigenvalue weighted by atomic mass is 10.4. The number of aromatic nitrogens is 3. The molecule has 0 aromatic carbocycles. The van der Waals surface area contributed by atoms with E-state index in [0.29, 0.717) is 16.9 Å². The number of hydrogen-bond donors (Lipinski definition) is 1. The van der Waals surface area contributed by atoms with E-state index in [-0.39, 0.29) is 5.56 Å². The van der Waals surface area contributed by atoms with Gasteiger partial charge in [-0.2, -0.15) is 0 Å². The molecule has 5 heteroatoms. The van der Waals surface area contributed by atoms with E-state index in [9.17, 15) is 4.79 Å². The Morgan fingerprint density at radius 1 is 1.38 bits per heavy atom. The molecule has 0 aliphatic heterocycles. The highest BCUT2D eigenvalue weighted by atomic mass is 16.5. The number of rotatable bonds is 1. The fourth-order valence-electron chi connectivity index (χ4n) is 1.03. The van der Waals surface area contributed by atoms with Gasteiger partial charge in [-0.15, -0.1) is 0 Å². The number of aromatic amines is 1. The first kappa shape index (κ1) is 7.72. The van der Waals surface area contributed by atoms with E-state index in [4.69, 9.17) is 4.74 Å². The topological polar surface area (TPSA) is 67.9 Å². The average molecular weight is 177 g/mol. The molecular weight excluding hydrogens is 170 g/mol. The standard InChI is InChI=1S/C8H7N3O2/c1-13-5-2-6-8(9-3-5)10-4-7(12)11-6/h2-4H,1H3,(H,11,12). The first-order valence-corrected chi connectivity index (χ1v) is 3.68. The van der Waals surface area contributed by atoms with Crippen LogP contribution in [0.15, 0.2) is 23.3 Å². The summed E-state index contributed by atoms with van der Waals surface area (Å²) in [6.07, 6.45) is 2.75. The summed E-state index contributed by atoms with van der Waals surface area (Å²) in [5.41, 5.74) is 0.829. The van der Waals surface area contributed by atoms with Gasteiger partial charge in [-0.1, -0.05) is 0 Å². The summed E-state index contributed by atoms with van der Waals surface area (Å²) in [7, 11) is 1.54.